The lowest BCUT2D eigenvalue weighted by atomic mass is 10.1. The summed E-state index contributed by atoms with van der Waals surface area (Å²) in [5, 5.41) is 11.5. The molecule has 0 atom stereocenters. The Balaban J connectivity index is 1.75. The molecule has 6 heteroatoms. The molecule has 1 aromatic heterocycles. The van der Waals surface area contributed by atoms with Crippen LogP contribution < -0.4 is 5.43 Å². The second-order valence-electron chi connectivity index (χ2n) is 5.16. The van der Waals surface area contributed by atoms with Gasteiger partial charge in [0, 0.05) is 21.7 Å². The van der Waals surface area contributed by atoms with E-state index in [1.807, 2.05) is 55.5 Å². The van der Waals surface area contributed by atoms with Crippen LogP contribution in [0.4, 0.5) is 0 Å². The number of hydrazone groups is 1. The zero-order valence-corrected chi connectivity index (χ0v) is 13.7. The second kappa shape index (κ2) is 7.10. The zero-order chi connectivity index (χ0) is 16.9. The summed E-state index contributed by atoms with van der Waals surface area (Å²) in [5.74, 6) is -0.356. The number of aromatic nitrogens is 2. The van der Waals surface area contributed by atoms with Gasteiger partial charge in [-0.25, -0.2) is 5.43 Å². The fraction of sp³-hybridized carbons (Fsp3) is 0.0556. The monoisotopic (exact) mass is 338 g/mol. The van der Waals surface area contributed by atoms with Crippen LogP contribution in [0.3, 0.4) is 0 Å². The minimum absolute atomic E-state index is 0.356. The highest BCUT2D eigenvalue weighted by atomic mass is 35.5. The molecule has 3 aromatic rings. The molecule has 2 N–H and O–H groups in total. The van der Waals surface area contributed by atoms with Crippen molar-refractivity contribution in [2.75, 3.05) is 0 Å². The van der Waals surface area contributed by atoms with Crippen molar-refractivity contribution in [2.24, 2.45) is 5.10 Å². The number of hydrogen-bond donors (Lipinski definition) is 2. The molecule has 0 bridgehead atoms. The third-order valence-electron chi connectivity index (χ3n) is 3.56. The number of rotatable bonds is 4. The first-order valence-corrected chi connectivity index (χ1v) is 7.73. The van der Waals surface area contributed by atoms with Crippen molar-refractivity contribution in [3.8, 4) is 11.3 Å². The zero-order valence-electron chi connectivity index (χ0n) is 13.0. The van der Waals surface area contributed by atoms with Crippen LogP contribution in [0.5, 0.6) is 0 Å². The van der Waals surface area contributed by atoms with E-state index in [1.165, 1.54) is 6.21 Å². The Morgan fingerprint density at radius 2 is 1.88 bits per heavy atom. The highest BCUT2D eigenvalue weighted by Gasteiger charge is 2.16. The van der Waals surface area contributed by atoms with E-state index in [2.05, 4.69) is 20.7 Å². The number of aromatic amines is 1. The van der Waals surface area contributed by atoms with Crippen LogP contribution in [-0.4, -0.2) is 22.3 Å². The fourth-order valence-electron chi connectivity index (χ4n) is 2.29. The van der Waals surface area contributed by atoms with Crippen LogP contribution in [0.2, 0.25) is 5.02 Å². The second-order valence-corrected chi connectivity index (χ2v) is 5.57. The van der Waals surface area contributed by atoms with E-state index < -0.39 is 0 Å². The number of amides is 1. The van der Waals surface area contributed by atoms with Gasteiger partial charge in [0.05, 0.1) is 11.9 Å². The van der Waals surface area contributed by atoms with Gasteiger partial charge in [0.25, 0.3) is 5.91 Å². The molecule has 1 heterocycles. The van der Waals surface area contributed by atoms with E-state index >= 15 is 0 Å². The van der Waals surface area contributed by atoms with E-state index in [1.54, 1.807) is 6.07 Å². The molecule has 3 rings (SSSR count). The lowest BCUT2D eigenvalue weighted by Crippen LogP contribution is -2.19. The quantitative estimate of drug-likeness (QED) is 0.561. The van der Waals surface area contributed by atoms with Crippen molar-refractivity contribution in [1.29, 1.82) is 0 Å². The third kappa shape index (κ3) is 3.36. The first kappa shape index (κ1) is 16.0. The average molecular weight is 339 g/mol. The summed E-state index contributed by atoms with van der Waals surface area (Å²) in [5.41, 5.74) is 6.05. The molecule has 0 aliphatic rings. The maximum Gasteiger partial charge on any atom is 0.289 e. The van der Waals surface area contributed by atoms with Gasteiger partial charge in [0.1, 0.15) is 5.69 Å². The predicted octanol–water partition coefficient (Wildman–Crippen LogP) is 3.80. The predicted molar refractivity (Wildman–Crippen MR) is 95.3 cm³/mol. The maximum atomic E-state index is 12.3. The first-order valence-electron chi connectivity index (χ1n) is 7.35. The van der Waals surface area contributed by atoms with Gasteiger partial charge in [-0.3, -0.25) is 9.89 Å². The number of carbonyl (C=O) groups excluding carboxylic acids is 1. The van der Waals surface area contributed by atoms with E-state index in [0.29, 0.717) is 10.7 Å². The van der Waals surface area contributed by atoms with Gasteiger partial charge in [-0.15, -0.1) is 0 Å². The van der Waals surface area contributed by atoms with Gasteiger partial charge < -0.3 is 0 Å². The number of hydrogen-bond acceptors (Lipinski definition) is 3. The van der Waals surface area contributed by atoms with E-state index in [-0.39, 0.29) is 5.91 Å². The molecule has 0 spiro atoms. The Morgan fingerprint density at radius 1 is 1.17 bits per heavy atom. The highest BCUT2D eigenvalue weighted by molar-refractivity contribution is 6.33. The molecule has 120 valence electrons. The summed E-state index contributed by atoms with van der Waals surface area (Å²) in [7, 11) is 0. The lowest BCUT2D eigenvalue weighted by Gasteiger charge is -2.00. The van der Waals surface area contributed by atoms with Gasteiger partial charge in [0.2, 0.25) is 0 Å². The number of halogens is 1. The van der Waals surface area contributed by atoms with Crippen LogP contribution in [0.1, 0.15) is 21.6 Å². The van der Waals surface area contributed by atoms with E-state index in [4.69, 9.17) is 11.6 Å². The minimum atomic E-state index is -0.356. The molecule has 2 aromatic carbocycles. The van der Waals surface area contributed by atoms with Crippen LogP contribution in [0, 0.1) is 6.92 Å². The number of H-pyrrole nitrogens is 1. The minimum Gasteiger partial charge on any atom is -0.272 e. The summed E-state index contributed by atoms with van der Waals surface area (Å²) in [6.45, 7) is 1.85. The summed E-state index contributed by atoms with van der Waals surface area (Å²) in [4.78, 5) is 12.3. The molecule has 0 aliphatic heterocycles. The largest absolute Gasteiger partial charge is 0.289 e. The molecule has 0 saturated carbocycles. The van der Waals surface area contributed by atoms with Crippen molar-refractivity contribution < 1.29 is 4.79 Å². The van der Waals surface area contributed by atoms with Gasteiger partial charge >= 0.3 is 0 Å². The Bertz CT molecular complexity index is 887. The van der Waals surface area contributed by atoms with E-state index in [0.717, 1.165) is 22.4 Å². The van der Waals surface area contributed by atoms with Crippen LogP contribution in [0.15, 0.2) is 59.7 Å². The highest BCUT2D eigenvalue weighted by Crippen LogP contribution is 2.22. The molecular formula is C18H15ClN4O. The molecule has 0 unspecified atom stereocenters. The molecule has 0 radical (unpaired) electrons. The van der Waals surface area contributed by atoms with Crippen molar-refractivity contribution in [1.82, 2.24) is 15.6 Å². The standard InChI is InChI=1S/C18H15ClN4O/c1-12-16(13-7-3-2-4-8-13)21-22-17(12)18(24)23-20-11-14-9-5-6-10-15(14)19/h2-11H,1H3,(H,21,22)(H,23,24). The first-order chi connectivity index (χ1) is 11.7. The summed E-state index contributed by atoms with van der Waals surface area (Å²) in [6, 6.07) is 16.9. The summed E-state index contributed by atoms with van der Waals surface area (Å²) >= 11 is 6.03. The van der Waals surface area contributed by atoms with Crippen molar-refractivity contribution in [3.05, 3.63) is 76.4 Å². The van der Waals surface area contributed by atoms with E-state index in [9.17, 15) is 4.79 Å². The molecule has 5 nitrogen and oxygen atoms in total. The SMILES string of the molecule is Cc1c(-c2ccccc2)n[nH]c1C(=O)NN=Cc1ccccc1Cl. The van der Waals surface area contributed by atoms with Gasteiger partial charge in [0.15, 0.2) is 0 Å². The normalized spacial score (nSPS) is 10.9. The van der Waals surface area contributed by atoms with Crippen LogP contribution in [0.25, 0.3) is 11.3 Å². The topological polar surface area (TPSA) is 70.1 Å². The number of carbonyl (C=O) groups is 1. The Hall–Kier alpha value is -2.92. The molecule has 0 aliphatic carbocycles. The smallest absolute Gasteiger partial charge is 0.272 e. The van der Waals surface area contributed by atoms with Crippen molar-refractivity contribution >= 4 is 23.7 Å². The molecular weight excluding hydrogens is 324 g/mol. The lowest BCUT2D eigenvalue weighted by molar-refractivity contribution is 0.0949. The van der Waals surface area contributed by atoms with Gasteiger partial charge in [-0.2, -0.15) is 10.2 Å². The number of nitrogens with zero attached hydrogens (tertiary/aromatic N) is 2. The van der Waals surface area contributed by atoms with Gasteiger partial charge in [-0.05, 0) is 13.0 Å². The maximum absolute atomic E-state index is 12.3. The van der Waals surface area contributed by atoms with Gasteiger partial charge in [-0.1, -0.05) is 60.1 Å². The molecule has 0 fully saturated rings. The molecule has 24 heavy (non-hydrogen) atoms. The van der Waals surface area contributed by atoms with Crippen molar-refractivity contribution in [3.63, 3.8) is 0 Å². The van der Waals surface area contributed by atoms with Crippen LogP contribution in [-0.2, 0) is 0 Å². The van der Waals surface area contributed by atoms with Crippen molar-refractivity contribution in [2.45, 2.75) is 6.92 Å². The molecule has 0 saturated heterocycles. The summed E-state index contributed by atoms with van der Waals surface area (Å²) < 4.78 is 0. The fourth-order valence-corrected chi connectivity index (χ4v) is 2.48. The third-order valence-corrected chi connectivity index (χ3v) is 3.90. The summed E-state index contributed by atoms with van der Waals surface area (Å²) in [6.07, 6.45) is 1.50. The molecule has 1 amide bonds. The average Bonchev–Trinajstić information content (AvgIpc) is 2.99. The Labute approximate surface area is 144 Å². The Morgan fingerprint density at radius 3 is 2.62 bits per heavy atom. The number of nitrogens with one attached hydrogen (secondary N) is 2. The Kier molecular flexibility index (Phi) is 4.72. The van der Waals surface area contributed by atoms with Crippen LogP contribution >= 0.6 is 11.6 Å². The number of benzene rings is 2.